The molecule has 0 fully saturated rings. The minimum absolute atomic E-state index is 1.25. The highest BCUT2D eigenvalue weighted by molar-refractivity contribution is 7.17. The van der Waals surface area contributed by atoms with Crippen LogP contribution < -0.4 is 0 Å². The van der Waals surface area contributed by atoms with Crippen molar-refractivity contribution in [1.29, 1.82) is 0 Å². The van der Waals surface area contributed by atoms with E-state index in [0.717, 1.165) is 0 Å². The molecule has 132 valence electrons. The Hall–Kier alpha value is -2.64. The van der Waals surface area contributed by atoms with Crippen molar-refractivity contribution in [2.45, 2.75) is 25.7 Å². The van der Waals surface area contributed by atoms with Crippen LogP contribution >= 0.6 is 11.3 Å². The fourth-order valence-electron chi connectivity index (χ4n) is 4.25. The van der Waals surface area contributed by atoms with Gasteiger partial charge in [-0.25, -0.2) is 0 Å². The van der Waals surface area contributed by atoms with Gasteiger partial charge in [0.15, 0.2) is 0 Å². The van der Waals surface area contributed by atoms with E-state index < -0.39 is 0 Å². The Balaban J connectivity index is 0.000000149. The standard InChI is InChI=1S/C18H16.C8H6S/c1-3-7-15-13(5-1)9-11-18-16-8-4-2-6-14(16)10-12-17(15)18;1-2-4-8-7(3-1)5-6-9-8/h1,3,5,7,9-12H,2,4,6,8H2;1-6H. The summed E-state index contributed by atoms with van der Waals surface area (Å²) in [5, 5.41) is 9.11. The minimum Gasteiger partial charge on any atom is -0.144 e. The molecule has 0 nitrogen and oxygen atoms in total. The first kappa shape index (κ1) is 16.5. The zero-order valence-corrected chi connectivity index (χ0v) is 16.1. The molecule has 5 aromatic rings. The summed E-state index contributed by atoms with van der Waals surface area (Å²) in [6, 6.07) is 28.5. The number of rotatable bonds is 0. The molecule has 0 saturated carbocycles. The van der Waals surface area contributed by atoms with E-state index in [1.807, 2.05) is 0 Å². The van der Waals surface area contributed by atoms with Crippen LogP contribution in [0.5, 0.6) is 0 Å². The number of fused-ring (bicyclic) bond motifs is 6. The van der Waals surface area contributed by atoms with Crippen LogP contribution in [-0.2, 0) is 12.8 Å². The topological polar surface area (TPSA) is 0 Å². The third-order valence-electron chi connectivity index (χ3n) is 5.62. The summed E-state index contributed by atoms with van der Waals surface area (Å²) in [6.45, 7) is 0. The second kappa shape index (κ2) is 7.17. The van der Waals surface area contributed by atoms with Crippen molar-refractivity contribution in [2.75, 3.05) is 0 Å². The fraction of sp³-hybridized carbons (Fsp3) is 0.154. The summed E-state index contributed by atoms with van der Waals surface area (Å²) < 4.78 is 1.37. The maximum absolute atomic E-state index is 2.35. The third-order valence-corrected chi connectivity index (χ3v) is 6.52. The molecule has 1 heteroatoms. The summed E-state index contributed by atoms with van der Waals surface area (Å²) in [5.74, 6) is 0. The highest BCUT2D eigenvalue weighted by Gasteiger charge is 2.13. The second-order valence-corrected chi connectivity index (χ2v) is 8.20. The number of benzene rings is 4. The summed E-state index contributed by atoms with van der Waals surface area (Å²) >= 11 is 1.79. The van der Waals surface area contributed by atoms with Gasteiger partial charge in [0.05, 0.1) is 0 Å². The average Bonchev–Trinajstić information content (AvgIpc) is 3.23. The van der Waals surface area contributed by atoms with Gasteiger partial charge in [-0.2, -0.15) is 0 Å². The van der Waals surface area contributed by atoms with Crippen LogP contribution in [0.3, 0.4) is 0 Å². The molecule has 0 saturated heterocycles. The molecule has 1 heterocycles. The van der Waals surface area contributed by atoms with Crippen LogP contribution in [0.4, 0.5) is 0 Å². The molecule has 27 heavy (non-hydrogen) atoms. The zero-order valence-electron chi connectivity index (χ0n) is 15.3. The SMILES string of the molecule is c1ccc2c(c1)ccc1c3c(ccc12)CCCC3.c1ccc2sccc2c1. The van der Waals surface area contributed by atoms with Crippen LogP contribution in [-0.4, -0.2) is 0 Å². The number of thiophene rings is 1. The first-order valence-corrected chi connectivity index (χ1v) is 10.6. The quantitative estimate of drug-likeness (QED) is 0.245. The number of aryl methyl sites for hydroxylation is 2. The molecular weight excluding hydrogens is 344 g/mol. The summed E-state index contributed by atoms with van der Waals surface area (Å²) in [5.41, 5.74) is 3.17. The lowest BCUT2D eigenvalue weighted by Gasteiger charge is -2.18. The molecule has 1 aliphatic carbocycles. The predicted molar refractivity (Wildman–Crippen MR) is 120 cm³/mol. The van der Waals surface area contributed by atoms with Gasteiger partial charge in [0.25, 0.3) is 0 Å². The predicted octanol–water partition coefficient (Wildman–Crippen LogP) is 7.77. The largest absolute Gasteiger partial charge is 0.144 e. The van der Waals surface area contributed by atoms with Crippen LogP contribution in [0.2, 0.25) is 0 Å². The Labute approximate surface area is 164 Å². The van der Waals surface area contributed by atoms with Crippen molar-refractivity contribution < 1.29 is 0 Å². The van der Waals surface area contributed by atoms with E-state index in [2.05, 4.69) is 84.2 Å². The van der Waals surface area contributed by atoms with Gasteiger partial charge in [-0.3, -0.25) is 0 Å². The first-order valence-electron chi connectivity index (χ1n) is 9.75. The van der Waals surface area contributed by atoms with Gasteiger partial charge < -0.3 is 0 Å². The maximum Gasteiger partial charge on any atom is 0.0342 e. The highest BCUT2D eigenvalue weighted by atomic mass is 32.1. The van der Waals surface area contributed by atoms with Gasteiger partial charge in [0.2, 0.25) is 0 Å². The van der Waals surface area contributed by atoms with Crippen molar-refractivity contribution in [2.24, 2.45) is 0 Å². The van der Waals surface area contributed by atoms with Crippen molar-refractivity contribution >= 4 is 43.0 Å². The van der Waals surface area contributed by atoms with Gasteiger partial charge in [0, 0.05) is 4.70 Å². The van der Waals surface area contributed by atoms with Crippen LogP contribution in [0.25, 0.3) is 31.6 Å². The summed E-state index contributed by atoms with van der Waals surface area (Å²) in [6.07, 6.45) is 5.22. The molecule has 1 aromatic heterocycles. The van der Waals surface area contributed by atoms with Crippen molar-refractivity contribution in [3.63, 3.8) is 0 Å². The van der Waals surface area contributed by atoms with Crippen LogP contribution in [0.1, 0.15) is 24.0 Å². The second-order valence-electron chi connectivity index (χ2n) is 7.25. The molecule has 4 aromatic carbocycles. The third kappa shape index (κ3) is 3.13. The maximum atomic E-state index is 2.35. The van der Waals surface area contributed by atoms with Gasteiger partial charge in [0.1, 0.15) is 0 Å². The zero-order chi connectivity index (χ0) is 18.1. The number of hydrogen-bond donors (Lipinski definition) is 0. The molecule has 0 aliphatic heterocycles. The Morgan fingerprint density at radius 3 is 2.26 bits per heavy atom. The summed E-state index contributed by atoms with van der Waals surface area (Å²) in [7, 11) is 0. The minimum atomic E-state index is 1.25. The molecule has 0 amide bonds. The molecule has 0 N–H and O–H groups in total. The Kier molecular flexibility index (Phi) is 4.39. The molecule has 0 radical (unpaired) electrons. The molecular formula is C26H22S. The lowest BCUT2D eigenvalue weighted by Crippen LogP contribution is -2.02. The van der Waals surface area contributed by atoms with E-state index in [0.29, 0.717) is 0 Å². The van der Waals surface area contributed by atoms with Crippen LogP contribution in [0, 0.1) is 0 Å². The summed E-state index contributed by atoms with van der Waals surface area (Å²) in [4.78, 5) is 0. The average molecular weight is 367 g/mol. The van der Waals surface area contributed by atoms with E-state index in [9.17, 15) is 0 Å². The Morgan fingerprint density at radius 1 is 0.556 bits per heavy atom. The van der Waals surface area contributed by atoms with E-state index in [1.54, 1.807) is 22.5 Å². The van der Waals surface area contributed by atoms with E-state index in [1.165, 1.54) is 57.3 Å². The lowest BCUT2D eigenvalue weighted by atomic mass is 9.86. The number of hydrogen-bond acceptors (Lipinski definition) is 1. The van der Waals surface area contributed by atoms with Gasteiger partial charge in [-0.1, -0.05) is 66.7 Å². The van der Waals surface area contributed by atoms with Crippen LogP contribution in [0.15, 0.2) is 84.2 Å². The molecule has 0 bridgehead atoms. The molecule has 0 unspecified atom stereocenters. The smallest absolute Gasteiger partial charge is 0.0342 e. The Bertz CT molecular complexity index is 1200. The molecule has 6 rings (SSSR count). The first-order chi connectivity index (χ1) is 13.4. The monoisotopic (exact) mass is 366 g/mol. The van der Waals surface area contributed by atoms with Gasteiger partial charge in [-0.15, -0.1) is 11.3 Å². The van der Waals surface area contributed by atoms with Gasteiger partial charge >= 0.3 is 0 Å². The van der Waals surface area contributed by atoms with Gasteiger partial charge in [-0.05, 0) is 81.3 Å². The van der Waals surface area contributed by atoms with Crippen molar-refractivity contribution in [1.82, 2.24) is 0 Å². The van der Waals surface area contributed by atoms with E-state index in [4.69, 9.17) is 0 Å². The molecule has 0 atom stereocenters. The van der Waals surface area contributed by atoms with Crippen molar-refractivity contribution in [3.8, 4) is 0 Å². The fourth-order valence-corrected chi connectivity index (χ4v) is 5.04. The highest BCUT2D eigenvalue weighted by Crippen LogP contribution is 2.33. The van der Waals surface area contributed by atoms with E-state index >= 15 is 0 Å². The van der Waals surface area contributed by atoms with E-state index in [-0.39, 0.29) is 0 Å². The van der Waals surface area contributed by atoms with Crippen molar-refractivity contribution in [3.05, 3.63) is 95.4 Å². The molecule has 1 aliphatic rings. The molecule has 0 spiro atoms. The normalized spacial score (nSPS) is 13.3. The lowest BCUT2D eigenvalue weighted by molar-refractivity contribution is 0.690. The Morgan fingerprint density at radius 2 is 1.33 bits per heavy atom.